The quantitative estimate of drug-likeness (QED) is 0.847. The highest BCUT2D eigenvalue weighted by atomic mass is 16.1. The van der Waals surface area contributed by atoms with Gasteiger partial charge in [0.2, 0.25) is 5.91 Å². The fourth-order valence-corrected chi connectivity index (χ4v) is 2.08. The van der Waals surface area contributed by atoms with E-state index < -0.39 is 0 Å². The van der Waals surface area contributed by atoms with Crippen LogP contribution in [-0.4, -0.2) is 16.6 Å². The lowest BCUT2D eigenvalue weighted by molar-refractivity contribution is -0.115. The Morgan fingerprint density at radius 1 is 1.26 bits per heavy atom. The maximum absolute atomic E-state index is 11.9. The summed E-state index contributed by atoms with van der Waals surface area (Å²) >= 11 is 0. The summed E-state index contributed by atoms with van der Waals surface area (Å²) in [6, 6.07) is 9.60. The first-order chi connectivity index (χ1) is 9.22. The number of nitrogens with one attached hydrogen (secondary N) is 1. The molecule has 0 saturated heterocycles. The molecule has 0 radical (unpaired) electrons. The molecular weight excluding hydrogens is 238 g/mol. The average Bonchev–Trinajstić information content (AvgIpc) is 2.57. The molecule has 4 heteroatoms. The molecule has 0 unspecified atom stereocenters. The SMILES string of the molecule is Cc1ccc2c(c1)NC(=O)CC(c1cccnc1)=N2. The molecule has 0 fully saturated rings. The lowest BCUT2D eigenvalue weighted by Crippen LogP contribution is -2.15. The summed E-state index contributed by atoms with van der Waals surface area (Å²) in [7, 11) is 0. The van der Waals surface area contributed by atoms with E-state index in [-0.39, 0.29) is 12.3 Å². The number of pyridine rings is 1. The van der Waals surface area contributed by atoms with Crippen LogP contribution in [0, 0.1) is 6.92 Å². The summed E-state index contributed by atoms with van der Waals surface area (Å²) in [5, 5.41) is 2.89. The number of hydrogen-bond donors (Lipinski definition) is 1. The fourth-order valence-electron chi connectivity index (χ4n) is 2.08. The summed E-state index contributed by atoms with van der Waals surface area (Å²) < 4.78 is 0. The van der Waals surface area contributed by atoms with E-state index in [1.807, 2.05) is 37.3 Å². The Hall–Kier alpha value is -2.49. The first-order valence-electron chi connectivity index (χ1n) is 6.11. The molecule has 19 heavy (non-hydrogen) atoms. The molecule has 4 nitrogen and oxygen atoms in total. The fraction of sp³-hybridized carbons (Fsp3) is 0.133. The van der Waals surface area contributed by atoms with Gasteiger partial charge in [-0.25, -0.2) is 0 Å². The van der Waals surface area contributed by atoms with Crippen molar-refractivity contribution in [3.05, 3.63) is 53.9 Å². The highest BCUT2D eigenvalue weighted by molar-refractivity contribution is 6.16. The molecule has 1 aliphatic rings. The molecule has 1 aromatic heterocycles. The molecule has 0 aliphatic carbocycles. The zero-order valence-corrected chi connectivity index (χ0v) is 10.6. The predicted octanol–water partition coefficient (Wildman–Crippen LogP) is 2.85. The minimum absolute atomic E-state index is 0.0491. The molecule has 0 atom stereocenters. The molecule has 0 spiro atoms. The van der Waals surface area contributed by atoms with Crippen molar-refractivity contribution >= 4 is 23.0 Å². The highest BCUT2D eigenvalue weighted by Crippen LogP contribution is 2.29. The van der Waals surface area contributed by atoms with Crippen molar-refractivity contribution < 1.29 is 4.79 Å². The number of benzene rings is 1. The number of carbonyl (C=O) groups is 1. The number of hydrogen-bond acceptors (Lipinski definition) is 3. The van der Waals surface area contributed by atoms with Gasteiger partial charge >= 0.3 is 0 Å². The van der Waals surface area contributed by atoms with Gasteiger partial charge in [-0.05, 0) is 30.7 Å². The Kier molecular flexibility index (Phi) is 2.83. The number of aliphatic imine (C=N–C) groups is 1. The van der Waals surface area contributed by atoms with Gasteiger partial charge < -0.3 is 5.32 Å². The van der Waals surface area contributed by atoms with Crippen molar-refractivity contribution in [3.8, 4) is 0 Å². The highest BCUT2D eigenvalue weighted by Gasteiger charge is 2.17. The summed E-state index contributed by atoms with van der Waals surface area (Å²) in [6.07, 6.45) is 3.70. The van der Waals surface area contributed by atoms with E-state index in [1.165, 1.54) is 0 Å². The van der Waals surface area contributed by atoms with Gasteiger partial charge in [0.25, 0.3) is 0 Å². The molecular formula is C15H13N3O. The number of aryl methyl sites for hydroxylation is 1. The largest absolute Gasteiger partial charge is 0.324 e. The zero-order valence-electron chi connectivity index (χ0n) is 10.6. The lowest BCUT2D eigenvalue weighted by atomic mass is 10.1. The topological polar surface area (TPSA) is 54.4 Å². The van der Waals surface area contributed by atoms with Crippen LogP contribution in [0.3, 0.4) is 0 Å². The monoisotopic (exact) mass is 251 g/mol. The minimum Gasteiger partial charge on any atom is -0.324 e. The van der Waals surface area contributed by atoms with E-state index in [4.69, 9.17) is 0 Å². The van der Waals surface area contributed by atoms with Gasteiger partial charge in [0, 0.05) is 18.0 Å². The van der Waals surface area contributed by atoms with Crippen LogP contribution in [0.2, 0.25) is 0 Å². The van der Waals surface area contributed by atoms with Gasteiger partial charge in [0.1, 0.15) is 0 Å². The third-order valence-electron chi connectivity index (χ3n) is 3.00. The van der Waals surface area contributed by atoms with Gasteiger partial charge in [-0.2, -0.15) is 0 Å². The number of aromatic nitrogens is 1. The van der Waals surface area contributed by atoms with Crippen LogP contribution in [0.4, 0.5) is 11.4 Å². The third-order valence-corrected chi connectivity index (χ3v) is 3.00. The lowest BCUT2D eigenvalue weighted by Gasteiger charge is -2.04. The van der Waals surface area contributed by atoms with Crippen molar-refractivity contribution in [1.29, 1.82) is 0 Å². The van der Waals surface area contributed by atoms with Crippen LogP contribution >= 0.6 is 0 Å². The normalized spacial score (nSPS) is 14.2. The number of carbonyl (C=O) groups excluding carboxylic acids is 1. The standard InChI is InChI=1S/C15H13N3O/c1-10-4-5-12-14(7-10)18-15(19)8-13(17-12)11-3-2-6-16-9-11/h2-7,9H,8H2,1H3,(H,18,19). The Labute approximate surface area is 111 Å². The Morgan fingerprint density at radius 3 is 2.95 bits per heavy atom. The van der Waals surface area contributed by atoms with Gasteiger partial charge in [-0.3, -0.25) is 14.8 Å². The van der Waals surface area contributed by atoms with Crippen molar-refractivity contribution in [3.63, 3.8) is 0 Å². The zero-order chi connectivity index (χ0) is 13.2. The maximum Gasteiger partial charge on any atom is 0.230 e. The molecule has 2 aromatic rings. The van der Waals surface area contributed by atoms with Gasteiger partial charge in [-0.1, -0.05) is 12.1 Å². The van der Waals surface area contributed by atoms with Crippen LogP contribution in [0.1, 0.15) is 17.5 Å². The second-order valence-electron chi connectivity index (χ2n) is 4.55. The number of anilines is 1. The number of amides is 1. The van der Waals surface area contributed by atoms with Crippen LogP contribution in [0.15, 0.2) is 47.7 Å². The molecule has 2 heterocycles. The minimum atomic E-state index is -0.0491. The van der Waals surface area contributed by atoms with E-state index in [1.54, 1.807) is 12.4 Å². The summed E-state index contributed by atoms with van der Waals surface area (Å²) in [6.45, 7) is 1.99. The van der Waals surface area contributed by atoms with E-state index in [0.29, 0.717) is 0 Å². The van der Waals surface area contributed by atoms with Gasteiger partial charge in [0.15, 0.2) is 0 Å². The smallest absolute Gasteiger partial charge is 0.230 e. The van der Waals surface area contributed by atoms with Crippen molar-refractivity contribution in [2.24, 2.45) is 4.99 Å². The van der Waals surface area contributed by atoms with Crippen LogP contribution in [0.25, 0.3) is 0 Å². The summed E-state index contributed by atoms with van der Waals surface area (Å²) in [5.41, 5.74) is 4.28. The summed E-state index contributed by atoms with van der Waals surface area (Å²) in [5.74, 6) is -0.0491. The predicted molar refractivity (Wildman–Crippen MR) is 74.9 cm³/mol. The average molecular weight is 251 g/mol. The Bertz CT molecular complexity index is 662. The van der Waals surface area contributed by atoms with Crippen molar-refractivity contribution in [2.75, 3.05) is 5.32 Å². The third kappa shape index (κ3) is 2.38. The number of fused-ring (bicyclic) bond motifs is 1. The molecule has 1 aromatic carbocycles. The van der Waals surface area contributed by atoms with E-state index >= 15 is 0 Å². The second-order valence-corrected chi connectivity index (χ2v) is 4.55. The van der Waals surface area contributed by atoms with E-state index in [9.17, 15) is 4.79 Å². The van der Waals surface area contributed by atoms with Gasteiger partial charge in [-0.15, -0.1) is 0 Å². The number of rotatable bonds is 1. The van der Waals surface area contributed by atoms with Crippen molar-refractivity contribution in [1.82, 2.24) is 4.98 Å². The Balaban J connectivity index is 2.11. The van der Waals surface area contributed by atoms with Crippen LogP contribution < -0.4 is 5.32 Å². The van der Waals surface area contributed by atoms with E-state index in [2.05, 4.69) is 15.3 Å². The molecule has 3 rings (SSSR count). The van der Waals surface area contributed by atoms with E-state index in [0.717, 1.165) is 28.2 Å². The first kappa shape index (κ1) is 11.6. The number of nitrogens with zero attached hydrogens (tertiary/aromatic N) is 2. The maximum atomic E-state index is 11.9. The Morgan fingerprint density at radius 2 is 2.16 bits per heavy atom. The molecule has 1 N–H and O–H groups in total. The van der Waals surface area contributed by atoms with Gasteiger partial charge in [0.05, 0.1) is 23.5 Å². The first-order valence-corrected chi connectivity index (χ1v) is 6.11. The molecule has 0 saturated carbocycles. The summed E-state index contributed by atoms with van der Waals surface area (Å²) in [4.78, 5) is 20.6. The van der Waals surface area contributed by atoms with Crippen LogP contribution in [0.5, 0.6) is 0 Å². The van der Waals surface area contributed by atoms with Crippen molar-refractivity contribution in [2.45, 2.75) is 13.3 Å². The second kappa shape index (κ2) is 4.65. The van der Waals surface area contributed by atoms with Crippen LogP contribution in [-0.2, 0) is 4.79 Å². The molecule has 1 aliphatic heterocycles. The molecule has 1 amide bonds. The molecule has 0 bridgehead atoms. The molecule has 94 valence electrons.